The minimum absolute atomic E-state index is 0.158. The zero-order valence-corrected chi connectivity index (χ0v) is 22.7. The number of hydrogen-bond acceptors (Lipinski definition) is 7. The lowest BCUT2D eigenvalue weighted by molar-refractivity contribution is -0.181. The second-order valence-corrected chi connectivity index (χ2v) is 9.99. The van der Waals surface area contributed by atoms with Crippen molar-refractivity contribution in [2.75, 3.05) is 19.7 Å². The van der Waals surface area contributed by atoms with Crippen molar-refractivity contribution in [3.8, 4) is 0 Å². The molecule has 9 nitrogen and oxygen atoms in total. The molecule has 4 atom stereocenters. The van der Waals surface area contributed by atoms with E-state index >= 15 is 0 Å². The van der Waals surface area contributed by atoms with Crippen molar-refractivity contribution in [3.63, 3.8) is 0 Å². The van der Waals surface area contributed by atoms with Gasteiger partial charge in [-0.15, -0.1) is 0 Å². The maximum atomic E-state index is 13.3. The van der Waals surface area contributed by atoms with E-state index in [2.05, 4.69) is 16.0 Å². The van der Waals surface area contributed by atoms with Crippen LogP contribution in [0.3, 0.4) is 0 Å². The second kappa shape index (κ2) is 14.7. The number of carbonyl (C=O) groups excluding carboxylic acids is 2. The number of hydroxylamine groups is 2. The van der Waals surface area contributed by atoms with Crippen LogP contribution < -0.4 is 16.0 Å². The molecule has 0 aliphatic carbocycles. The summed E-state index contributed by atoms with van der Waals surface area (Å²) >= 11 is 0. The number of rotatable bonds is 13. The molecule has 212 valence electrons. The highest BCUT2D eigenvalue weighted by atomic mass is 16.7. The Balaban J connectivity index is 1.36. The number of aliphatic hydroxyl groups is 2. The zero-order chi connectivity index (χ0) is 28.3. The van der Waals surface area contributed by atoms with Gasteiger partial charge in [0, 0.05) is 37.7 Å². The van der Waals surface area contributed by atoms with E-state index in [0.717, 1.165) is 16.7 Å². The van der Waals surface area contributed by atoms with Gasteiger partial charge in [-0.3, -0.25) is 14.4 Å². The first-order valence-electron chi connectivity index (χ1n) is 13.6. The minimum atomic E-state index is -0.867. The summed E-state index contributed by atoms with van der Waals surface area (Å²) in [6.45, 7) is 3.58. The van der Waals surface area contributed by atoms with Crippen molar-refractivity contribution in [3.05, 3.63) is 107 Å². The quantitative estimate of drug-likeness (QED) is 0.208. The van der Waals surface area contributed by atoms with Gasteiger partial charge in [0.25, 0.3) is 5.91 Å². The summed E-state index contributed by atoms with van der Waals surface area (Å²) in [5.41, 5.74) is 3.52. The van der Waals surface area contributed by atoms with Gasteiger partial charge in [0.05, 0.1) is 19.3 Å². The maximum Gasteiger partial charge on any atom is 0.251 e. The zero-order valence-electron chi connectivity index (χ0n) is 22.7. The average molecular weight is 547 g/mol. The Hall–Kier alpha value is -3.60. The van der Waals surface area contributed by atoms with Gasteiger partial charge in [-0.2, -0.15) is 5.06 Å². The molecular weight excluding hydrogens is 508 g/mol. The molecule has 0 bridgehead atoms. The van der Waals surface area contributed by atoms with Crippen LogP contribution in [0, 0.1) is 5.92 Å². The van der Waals surface area contributed by atoms with Gasteiger partial charge in [0.2, 0.25) is 5.91 Å². The number of benzene rings is 3. The van der Waals surface area contributed by atoms with E-state index in [9.17, 15) is 19.8 Å². The van der Waals surface area contributed by atoms with Gasteiger partial charge in [-0.1, -0.05) is 72.8 Å². The van der Waals surface area contributed by atoms with E-state index in [0.29, 0.717) is 31.7 Å². The number of aliphatic hydroxyl groups excluding tert-OH is 2. The molecule has 2 amide bonds. The summed E-state index contributed by atoms with van der Waals surface area (Å²) < 4.78 is 0. The second-order valence-electron chi connectivity index (χ2n) is 9.99. The number of hydrogen-bond donors (Lipinski definition) is 5. The molecule has 1 aliphatic rings. The van der Waals surface area contributed by atoms with Gasteiger partial charge >= 0.3 is 0 Å². The van der Waals surface area contributed by atoms with Gasteiger partial charge in [0.15, 0.2) is 0 Å². The van der Waals surface area contributed by atoms with Crippen LogP contribution in [0.25, 0.3) is 0 Å². The fourth-order valence-corrected chi connectivity index (χ4v) is 4.97. The number of nitrogens with zero attached hydrogens (tertiary/aromatic N) is 1. The molecule has 0 unspecified atom stereocenters. The van der Waals surface area contributed by atoms with Gasteiger partial charge in [-0.25, -0.2) is 0 Å². The molecule has 5 N–H and O–H groups in total. The summed E-state index contributed by atoms with van der Waals surface area (Å²) in [6, 6.07) is 25.9. The lowest BCUT2D eigenvalue weighted by atomic mass is 9.89. The van der Waals surface area contributed by atoms with Crippen LogP contribution in [0.2, 0.25) is 0 Å². The molecule has 1 saturated heterocycles. The summed E-state index contributed by atoms with van der Waals surface area (Å²) in [5, 5.41) is 31.2. The number of carbonyl (C=O) groups is 2. The van der Waals surface area contributed by atoms with Crippen LogP contribution in [0.4, 0.5) is 0 Å². The molecular formula is C31H38N4O5. The lowest BCUT2D eigenvalue weighted by Crippen LogP contribution is -2.50. The standard InChI is InChI=1S/C31H38N4O5/c1-22(37)28-27(21-36)40-35(29(28)31(39)33-16-15-32-18-23-9-4-2-5-10-23)20-25-12-8-11-24(17-25)19-34-30(38)26-13-6-3-7-14-26/h2-14,17,22,27-29,32,36-37H,15-16,18-21H2,1H3,(H,33,39)(H,34,38)/t22-,27-,28+,29-/m1/s1. The SMILES string of the molecule is C[C@@H](O)[C@H]1[C@@H](CO)ON(Cc2cccc(CNC(=O)c3ccccc3)c2)[C@H]1C(=O)NCCNCc1ccccc1. The van der Waals surface area contributed by atoms with Crippen molar-refractivity contribution >= 4 is 11.8 Å². The van der Waals surface area contributed by atoms with Gasteiger partial charge in [-0.05, 0) is 35.7 Å². The fourth-order valence-electron chi connectivity index (χ4n) is 4.97. The Bertz CT molecular complexity index is 1220. The first-order chi connectivity index (χ1) is 19.5. The first kappa shape index (κ1) is 29.4. The van der Waals surface area contributed by atoms with Crippen LogP contribution in [-0.2, 0) is 29.3 Å². The molecule has 1 fully saturated rings. The molecule has 0 saturated carbocycles. The highest BCUT2D eigenvalue weighted by Gasteiger charge is 2.49. The predicted molar refractivity (Wildman–Crippen MR) is 152 cm³/mol. The van der Waals surface area contributed by atoms with E-state index in [4.69, 9.17) is 4.84 Å². The highest BCUT2D eigenvalue weighted by Crippen LogP contribution is 2.32. The Morgan fingerprint density at radius 3 is 2.25 bits per heavy atom. The maximum absolute atomic E-state index is 13.3. The third-order valence-electron chi connectivity index (χ3n) is 6.97. The van der Waals surface area contributed by atoms with Crippen LogP contribution in [0.5, 0.6) is 0 Å². The molecule has 1 heterocycles. The van der Waals surface area contributed by atoms with Crippen LogP contribution in [0.15, 0.2) is 84.9 Å². The van der Waals surface area contributed by atoms with Crippen LogP contribution >= 0.6 is 0 Å². The third-order valence-corrected chi connectivity index (χ3v) is 6.97. The Morgan fingerprint density at radius 2 is 1.55 bits per heavy atom. The Kier molecular flexibility index (Phi) is 10.8. The largest absolute Gasteiger partial charge is 0.394 e. The van der Waals surface area contributed by atoms with E-state index < -0.39 is 24.2 Å². The Labute approximate surface area is 235 Å². The molecule has 3 aromatic rings. The van der Waals surface area contributed by atoms with E-state index in [1.807, 2.05) is 72.8 Å². The monoisotopic (exact) mass is 546 g/mol. The third kappa shape index (κ3) is 7.97. The molecule has 0 radical (unpaired) electrons. The van der Waals surface area contributed by atoms with Gasteiger partial charge in [0.1, 0.15) is 12.1 Å². The van der Waals surface area contributed by atoms with Crippen molar-refractivity contribution < 1.29 is 24.6 Å². The summed E-state index contributed by atoms with van der Waals surface area (Å²) in [5.74, 6) is -1.03. The van der Waals surface area contributed by atoms with E-state index in [1.54, 1.807) is 24.1 Å². The normalized spacial score (nSPS) is 19.7. The van der Waals surface area contributed by atoms with E-state index in [-0.39, 0.29) is 25.0 Å². The molecule has 40 heavy (non-hydrogen) atoms. The molecule has 0 spiro atoms. The predicted octanol–water partition coefficient (Wildman–Crippen LogP) is 2.00. The van der Waals surface area contributed by atoms with Gasteiger partial charge < -0.3 is 26.2 Å². The summed E-state index contributed by atoms with van der Waals surface area (Å²) in [4.78, 5) is 31.7. The molecule has 3 aromatic carbocycles. The van der Waals surface area contributed by atoms with Crippen molar-refractivity contribution in [2.24, 2.45) is 5.92 Å². The molecule has 1 aliphatic heterocycles. The topological polar surface area (TPSA) is 123 Å². The lowest BCUT2D eigenvalue weighted by Gasteiger charge is -2.26. The van der Waals surface area contributed by atoms with Crippen LogP contribution in [0.1, 0.15) is 34.0 Å². The van der Waals surface area contributed by atoms with Crippen molar-refractivity contribution in [1.82, 2.24) is 21.0 Å². The van der Waals surface area contributed by atoms with Crippen molar-refractivity contribution in [1.29, 1.82) is 0 Å². The molecule has 4 rings (SSSR count). The van der Waals surface area contributed by atoms with Crippen molar-refractivity contribution in [2.45, 2.75) is 44.8 Å². The minimum Gasteiger partial charge on any atom is -0.394 e. The number of nitrogens with one attached hydrogen (secondary N) is 3. The highest BCUT2D eigenvalue weighted by molar-refractivity contribution is 5.94. The fraction of sp³-hybridized carbons (Fsp3) is 0.355. The smallest absolute Gasteiger partial charge is 0.251 e. The average Bonchev–Trinajstić information content (AvgIpc) is 3.35. The summed E-state index contributed by atoms with van der Waals surface area (Å²) in [6.07, 6.45) is -1.58. The molecule has 9 heteroatoms. The summed E-state index contributed by atoms with van der Waals surface area (Å²) in [7, 11) is 0. The molecule has 0 aromatic heterocycles. The number of amides is 2. The van der Waals surface area contributed by atoms with E-state index in [1.165, 1.54) is 0 Å². The Morgan fingerprint density at radius 1 is 0.875 bits per heavy atom. The first-order valence-corrected chi connectivity index (χ1v) is 13.6. The van der Waals surface area contributed by atoms with Crippen LogP contribution in [-0.4, -0.2) is 65.0 Å².